The second-order valence-electron chi connectivity index (χ2n) is 5.84. The van der Waals surface area contributed by atoms with Crippen molar-refractivity contribution in [1.82, 2.24) is 4.90 Å². The van der Waals surface area contributed by atoms with Crippen molar-refractivity contribution >= 4 is 17.0 Å². The first-order valence-corrected chi connectivity index (χ1v) is 8.39. The zero-order valence-corrected chi connectivity index (χ0v) is 12.5. The van der Waals surface area contributed by atoms with Crippen LogP contribution in [0.3, 0.4) is 0 Å². The van der Waals surface area contributed by atoms with Crippen molar-refractivity contribution in [3.63, 3.8) is 0 Å². The van der Waals surface area contributed by atoms with E-state index in [9.17, 15) is 0 Å². The normalized spacial score (nSPS) is 17.2. The van der Waals surface area contributed by atoms with Crippen LogP contribution in [0.15, 0.2) is 35.7 Å². The lowest BCUT2D eigenvalue weighted by atomic mass is 10.1. The minimum absolute atomic E-state index is 0.800. The summed E-state index contributed by atoms with van der Waals surface area (Å²) in [5, 5.41) is 5.75. The third-order valence-corrected chi connectivity index (χ3v) is 5.17. The van der Waals surface area contributed by atoms with Crippen molar-refractivity contribution < 1.29 is 0 Å². The Bertz CT molecular complexity index is 587. The van der Waals surface area contributed by atoms with Crippen LogP contribution in [0.5, 0.6) is 0 Å². The van der Waals surface area contributed by atoms with Crippen LogP contribution < -0.4 is 5.32 Å². The molecule has 2 nitrogen and oxygen atoms in total. The molecule has 104 valence electrons. The molecular weight excluding hydrogens is 264 g/mol. The van der Waals surface area contributed by atoms with Gasteiger partial charge in [0.2, 0.25) is 0 Å². The Balaban J connectivity index is 1.55. The fourth-order valence-corrected chi connectivity index (χ4v) is 3.85. The number of nitrogens with zero attached hydrogens (tertiary/aromatic N) is 1. The second-order valence-corrected chi connectivity index (χ2v) is 6.88. The number of benzene rings is 1. The van der Waals surface area contributed by atoms with Gasteiger partial charge in [-0.1, -0.05) is 24.3 Å². The number of rotatable bonds is 5. The molecule has 1 saturated carbocycles. The number of anilines is 1. The van der Waals surface area contributed by atoms with Gasteiger partial charge in [0.1, 0.15) is 0 Å². The van der Waals surface area contributed by atoms with Crippen molar-refractivity contribution in [2.75, 3.05) is 11.9 Å². The van der Waals surface area contributed by atoms with Crippen molar-refractivity contribution in [1.29, 1.82) is 0 Å². The van der Waals surface area contributed by atoms with E-state index in [-0.39, 0.29) is 0 Å². The molecule has 0 unspecified atom stereocenters. The van der Waals surface area contributed by atoms with E-state index in [1.807, 2.05) is 11.3 Å². The smallest absolute Gasteiger partial charge is 0.0419 e. The van der Waals surface area contributed by atoms with Crippen molar-refractivity contribution in [2.45, 2.75) is 38.4 Å². The molecule has 0 spiro atoms. The maximum absolute atomic E-state index is 3.57. The van der Waals surface area contributed by atoms with Gasteiger partial charge in [-0.15, -0.1) is 11.3 Å². The molecule has 3 heteroatoms. The Labute approximate surface area is 124 Å². The van der Waals surface area contributed by atoms with Gasteiger partial charge in [-0.2, -0.15) is 0 Å². The maximum Gasteiger partial charge on any atom is 0.0419 e. The van der Waals surface area contributed by atoms with E-state index in [2.05, 4.69) is 45.9 Å². The van der Waals surface area contributed by atoms with Gasteiger partial charge in [0.05, 0.1) is 0 Å². The first-order chi connectivity index (χ1) is 9.90. The van der Waals surface area contributed by atoms with E-state index in [0.29, 0.717) is 0 Å². The van der Waals surface area contributed by atoms with Crippen LogP contribution in [-0.2, 0) is 19.5 Å². The lowest BCUT2D eigenvalue weighted by molar-refractivity contribution is 0.248. The van der Waals surface area contributed by atoms with Crippen LogP contribution in [0, 0.1) is 0 Å². The molecule has 1 aliphatic heterocycles. The van der Waals surface area contributed by atoms with Crippen LogP contribution in [0.2, 0.25) is 0 Å². The Kier molecular flexibility index (Phi) is 3.25. The molecule has 20 heavy (non-hydrogen) atoms. The average Bonchev–Trinajstić information content (AvgIpc) is 2.98. The van der Waals surface area contributed by atoms with Gasteiger partial charge in [0.15, 0.2) is 0 Å². The molecule has 2 heterocycles. The quantitative estimate of drug-likeness (QED) is 0.896. The molecule has 1 aliphatic carbocycles. The second kappa shape index (κ2) is 5.23. The lowest BCUT2D eigenvalue weighted by Crippen LogP contribution is -2.25. The number of thiophene rings is 1. The molecule has 0 bridgehead atoms. The van der Waals surface area contributed by atoms with Crippen molar-refractivity contribution in [3.05, 3.63) is 51.7 Å². The zero-order valence-electron chi connectivity index (χ0n) is 11.6. The molecular formula is C17H20N2S. The maximum atomic E-state index is 3.57. The summed E-state index contributed by atoms with van der Waals surface area (Å²) in [6, 6.07) is 12.0. The van der Waals surface area contributed by atoms with Crippen LogP contribution >= 0.6 is 11.3 Å². The minimum Gasteiger partial charge on any atom is -0.384 e. The van der Waals surface area contributed by atoms with E-state index in [1.54, 1.807) is 0 Å². The number of para-hydroxylation sites is 1. The molecule has 0 amide bonds. The highest BCUT2D eigenvalue weighted by molar-refractivity contribution is 7.09. The fraction of sp³-hybridized carbons (Fsp3) is 0.412. The number of nitrogens with one attached hydrogen (secondary N) is 1. The van der Waals surface area contributed by atoms with E-state index >= 15 is 0 Å². The molecule has 0 radical (unpaired) electrons. The fourth-order valence-electron chi connectivity index (χ4n) is 3.12. The Hall–Kier alpha value is -1.32. The topological polar surface area (TPSA) is 15.3 Å². The van der Waals surface area contributed by atoms with Gasteiger partial charge in [0, 0.05) is 36.2 Å². The lowest BCUT2D eigenvalue weighted by Gasteiger charge is -2.22. The summed E-state index contributed by atoms with van der Waals surface area (Å²) in [5.74, 6) is 0. The Morgan fingerprint density at radius 1 is 1.15 bits per heavy atom. The van der Waals surface area contributed by atoms with Gasteiger partial charge in [-0.05, 0) is 41.8 Å². The summed E-state index contributed by atoms with van der Waals surface area (Å²) in [7, 11) is 0. The monoisotopic (exact) mass is 284 g/mol. The zero-order chi connectivity index (χ0) is 13.4. The van der Waals surface area contributed by atoms with Crippen molar-refractivity contribution in [2.24, 2.45) is 0 Å². The van der Waals surface area contributed by atoms with Gasteiger partial charge in [-0.25, -0.2) is 0 Å². The molecule has 1 aromatic heterocycles. The van der Waals surface area contributed by atoms with Gasteiger partial charge in [0.25, 0.3) is 0 Å². The highest BCUT2D eigenvalue weighted by Crippen LogP contribution is 2.33. The number of hydrogen-bond acceptors (Lipinski definition) is 3. The summed E-state index contributed by atoms with van der Waals surface area (Å²) < 4.78 is 0. The third-order valence-electron chi connectivity index (χ3n) is 4.31. The summed E-state index contributed by atoms with van der Waals surface area (Å²) in [5.41, 5.74) is 4.38. The molecule has 1 fully saturated rings. The van der Waals surface area contributed by atoms with Crippen LogP contribution in [0.1, 0.15) is 28.8 Å². The molecule has 1 N–H and O–H groups in total. The number of fused-ring (bicyclic) bond motifs is 1. The predicted octanol–water partition coefficient (Wildman–Crippen LogP) is 3.88. The summed E-state index contributed by atoms with van der Waals surface area (Å²) in [6.07, 6.45) is 3.92. The highest BCUT2D eigenvalue weighted by atomic mass is 32.1. The van der Waals surface area contributed by atoms with Crippen LogP contribution in [0.4, 0.5) is 5.69 Å². The van der Waals surface area contributed by atoms with E-state index in [1.165, 1.54) is 41.0 Å². The average molecular weight is 284 g/mol. The first kappa shape index (κ1) is 12.4. The first-order valence-electron chi connectivity index (χ1n) is 7.51. The minimum atomic E-state index is 0.800. The SMILES string of the molecule is c1csc(CN(Cc2cccc3c2NCC3)C2CC2)c1. The summed E-state index contributed by atoms with van der Waals surface area (Å²) >= 11 is 1.88. The van der Waals surface area contributed by atoms with Crippen LogP contribution in [0.25, 0.3) is 0 Å². The van der Waals surface area contributed by atoms with Gasteiger partial charge in [-0.3, -0.25) is 4.90 Å². The summed E-state index contributed by atoms with van der Waals surface area (Å²) in [4.78, 5) is 4.14. The Morgan fingerprint density at radius 3 is 2.90 bits per heavy atom. The molecule has 2 aromatic rings. The molecule has 1 aromatic carbocycles. The number of hydrogen-bond donors (Lipinski definition) is 1. The molecule has 2 aliphatic rings. The Morgan fingerprint density at radius 2 is 2.10 bits per heavy atom. The molecule has 0 atom stereocenters. The molecule has 0 saturated heterocycles. The van der Waals surface area contributed by atoms with Gasteiger partial charge >= 0.3 is 0 Å². The van der Waals surface area contributed by atoms with E-state index in [4.69, 9.17) is 0 Å². The molecule has 4 rings (SSSR count). The van der Waals surface area contributed by atoms with Crippen LogP contribution in [-0.4, -0.2) is 17.5 Å². The van der Waals surface area contributed by atoms with E-state index < -0.39 is 0 Å². The highest BCUT2D eigenvalue weighted by Gasteiger charge is 2.30. The van der Waals surface area contributed by atoms with Gasteiger partial charge < -0.3 is 5.32 Å². The van der Waals surface area contributed by atoms with E-state index in [0.717, 1.165) is 25.7 Å². The predicted molar refractivity (Wildman–Crippen MR) is 85.2 cm³/mol. The largest absolute Gasteiger partial charge is 0.384 e. The third kappa shape index (κ3) is 2.48. The standard InChI is InChI=1S/C17H20N2S/c1-3-13-8-9-18-17(13)14(4-1)11-19(15-6-7-15)12-16-5-2-10-20-16/h1-5,10,15,18H,6-9,11-12H2. The van der Waals surface area contributed by atoms with Crippen molar-refractivity contribution in [3.8, 4) is 0 Å². The summed E-state index contributed by atoms with van der Waals surface area (Å²) in [6.45, 7) is 3.28.